The lowest BCUT2D eigenvalue weighted by atomic mass is 10.0. The molecular formula is C13H12. The van der Waals surface area contributed by atoms with Crippen LogP contribution in [0.1, 0.15) is 30.9 Å². The van der Waals surface area contributed by atoms with E-state index in [1.165, 1.54) is 24.0 Å². The van der Waals surface area contributed by atoms with Crippen LogP contribution in [0.15, 0.2) is 29.8 Å². The van der Waals surface area contributed by atoms with Crippen LogP contribution in [0.2, 0.25) is 0 Å². The largest absolute Gasteiger partial charge is 0.115 e. The standard InChI is InChI=1S/C13H12/c1-3-11-6-4-5-7-13(11)10(2)12-8-9-12/h1,4-7H,8-9H2,2H3. The molecule has 13 heavy (non-hydrogen) atoms. The molecule has 0 saturated heterocycles. The molecule has 0 unspecified atom stereocenters. The Balaban J connectivity index is 2.52. The normalized spacial score (nSPS) is 13.7. The molecule has 1 saturated carbocycles. The van der Waals surface area contributed by atoms with E-state index in [4.69, 9.17) is 6.42 Å². The molecule has 1 fully saturated rings. The topological polar surface area (TPSA) is 0 Å². The van der Waals surface area contributed by atoms with Gasteiger partial charge in [0.1, 0.15) is 0 Å². The van der Waals surface area contributed by atoms with E-state index in [1.54, 1.807) is 5.57 Å². The van der Waals surface area contributed by atoms with Crippen molar-refractivity contribution in [2.75, 3.05) is 0 Å². The Labute approximate surface area is 79.3 Å². The van der Waals surface area contributed by atoms with Crippen molar-refractivity contribution in [3.05, 3.63) is 41.0 Å². The summed E-state index contributed by atoms with van der Waals surface area (Å²) in [7, 11) is 0. The maximum Gasteiger partial charge on any atom is 0.0317 e. The van der Waals surface area contributed by atoms with Gasteiger partial charge in [-0.1, -0.05) is 29.7 Å². The van der Waals surface area contributed by atoms with Gasteiger partial charge in [-0.2, -0.15) is 0 Å². The Hall–Kier alpha value is -1.48. The van der Waals surface area contributed by atoms with Gasteiger partial charge in [-0.3, -0.25) is 0 Å². The third kappa shape index (κ3) is 1.51. The molecule has 1 aromatic carbocycles. The summed E-state index contributed by atoms with van der Waals surface area (Å²) in [5, 5.41) is 0. The van der Waals surface area contributed by atoms with Gasteiger partial charge in [0.25, 0.3) is 0 Å². The van der Waals surface area contributed by atoms with E-state index in [0.29, 0.717) is 0 Å². The first-order valence-electron chi connectivity index (χ1n) is 4.57. The molecule has 0 heteroatoms. The molecule has 1 aliphatic carbocycles. The van der Waals surface area contributed by atoms with Gasteiger partial charge >= 0.3 is 0 Å². The Kier molecular flexibility index (Phi) is 1.94. The Morgan fingerprint density at radius 2 is 2.00 bits per heavy atom. The number of hydrogen-bond donors (Lipinski definition) is 0. The first kappa shape index (κ1) is 8.13. The number of rotatable bonds is 1. The van der Waals surface area contributed by atoms with Crippen molar-refractivity contribution >= 4 is 5.57 Å². The summed E-state index contributed by atoms with van der Waals surface area (Å²) < 4.78 is 0. The molecule has 1 aliphatic rings. The molecule has 64 valence electrons. The maximum absolute atomic E-state index is 5.44. The molecule has 0 atom stereocenters. The molecule has 0 N–H and O–H groups in total. The molecule has 0 heterocycles. The van der Waals surface area contributed by atoms with E-state index < -0.39 is 0 Å². The zero-order valence-electron chi connectivity index (χ0n) is 7.80. The van der Waals surface area contributed by atoms with Crippen molar-refractivity contribution in [2.24, 2.45) is 0 Å². The number of benzene rings is 1. The van der Waals surface area contributed by atoms with E-state index in [2.05, 4.69) is 18.9 Å². The first-order valence-corrected chi connectivity index (χ1v) is 4.57. The Morgan fingerprint density at radius 1 is 1.31 bits per heavy atom. The zero-order valence-corrected chi connectivity index (χ0v) is 7.80. The highest BCUT2D eigenvalue weighted by atomic mass is 14.2. The van der Waals surface area contributed by atoms with Crippen LogP contribution in [0, 0.1) is 12.3 Å². The van der Waals surface area contributed by atoms with Crippen molar-refractivity contribution in [1.82, 2.24) is 0 Å². The summed E-state index contributed by atoms with van der Waals surface area (Å²) in [6.07, 6.45) is 7.95. The number of allylic oxidation sites excluding steroid dienone is 2. The van der Waals surface area contributed by atoms with Crippen LogP contribution in [-0.4, -0.2) is 0 Å². The molecule has 0 aliphatic heterocycles. The number of hydrogen-bond acceptors (Lipinski definition) is 0. The second-order valence-corrected chi connectivity index (χ2v) is 3.42. The Morgan fingerprint density at radius 3 is 2.62 bits per heavy atom. The predicted octanol–water partition coefficient (Wildman–Crippen LogP) is 3.24. The monoisotopic (exact) mass is 168 g/mol. The fourth-order valence-electron chi connectivity index (χ4n) is 1.56. The smallest absolute Gasteiger partial charge is 0.0317 e. The average Bonchev–Trinajstić information content (AvgIpc) is 3.00. The van der Waals surface area contributed by atoms with Crippen molar-refractivity contribution < 1.29 is 0 Å². The van der Waals surface area contributed by atoms with Gasteiger partial charge in [-0.15, -0.1) is 6.42 Å². The van der Waals surface area contributed by atoms with Crippen molar-refractivity contribution in [3.8, 4) is 12.3 Å². The minimum Gasteiger partial charge on any atom is -0.115 e. The summed E-state index contributed by atoms with van der Waals surface area (Å²) in [6.45, 7) is 2.17. The highest BCUT2D eigenvalue weighted by Gasteiger charge is 2.16. The third-order valence-corrected chi connectivity index (χ3v) is 2.52. The highest BCUT2D eigenvalue weighted by Crippen LogP contribution is 2.36. The summed E-state index contributed by atoms with van der Waals surface area (Å²) >= 11 is 0. The van der Waals surface area contributed by atoms with Gasteiger partial charge in [0.05, 0.1) is 0 Å². The van der Waals surface area contributed by atoms with Crippen molar-refractivity contribution in [2.45, 2.75) is 19.8 Å². The summed E-state index contributed by atoms with van der Waals surface area (Å²) in [5.74, 6) is 2.72. The summed E-state index contributed by atoms with van der Waals surface area (Å²) in [4.78, 5) is 0. The van der Waals surface area contributed by atoms with Crippen molar-refractivity contribution in [3.63, 3.8) is 0 Å². The van der Waals surface area contributed by atoms with Crippen LogP contribution in [-0.2, 0) is 0 Å². The highest BCUT2D eigenvalue weighted by molar-refractivity contribution is 5.74. The molecule has 0 nitrogen and oxygen atoms in total. The van der Waals surface area contributed by atoms with Crippen LogP contribution >= 0.6 is 0 Å². The second-order valence-electron chi connectivity index (χ2n) is 3.42. The van der Waals surface area contributed by atoms with E-state index in [1.807, 2.05) is 18.2 Å². The van der Waals surface area contributed by atoms with Crippen LogP contribution in [0.4, 0.5) is 0 Å². The lowest BCUT2D eigenvalue weighted by Gasteiger charge is -2.03. The summed E-state index contributed by atoms with van der Waals surface area (Å²) in [5.41, 5.74) is 5.19. The average molecular weight is 168 g/mol. The van der Waals surface area contributed by atoms with Gasteiger partial charge in [0, 0.05) is 5.56 Å². The van der Waals surface area contributed by atoms with Gasteiger partial charge in [0.2, 0.25) is 0 Å². The van der Waals surface area contributed by atoms with Crippen LogP contribution in [0.5, 0.6) is 0 Å². The lowest BCUT2D eigenvalue weighted by Crippen LogP contribution is -1.85. The van der Waals surface area contributed by atoms with E-state index in [0.717, 1.165) is 5.56 Å². The van der Waals surface area contributed by atoms with Crippen LogP contribution < -0.4 is 0 Å². The zero-order chi connectivity index (χ0) is 9.26. The maximum atomic E-state index is 5.44. The first-order chi connectivity index (χ1) is 6.33. The van der Waals surface area contributed by atoms with Gasteiger partial charge < -0.3 is 0 Å². The predicted molar refractivity (Wildman–Crippen MR) is 56.2 cm³/mol. The fourth-order valence-corrected chi connectivity index (χ4v) is 1.56. The molecule has 0 aromatic heterocycles. The van der Waals surface area contributed by atoms with E-state index in [9.17, 15) is 0 Å². The third-order valence-electron chi connectivity index (χ3n) is 2.52. The molecule has 0 spiro atoms. The minimum absolute atomic E-state index is 1.01. The second kappa shape index (κ2) is 3.11. The minimum atomic E-state index is 1.01. The molecular weight excluding hydrogens is 156 g/mol. The lowest BCUT2D eigenvalue weighted by molar-refractivity contribution is 1.50. The summed E-state index contributed by atoms with van der Waals surface area (Å²) in [6, 6.07) is 8.14. The molecule has 0 amide bonds. The van der Waals surface area contributed by atoms with E-state index in [-0.39, 0.29) is 0 Å². The van der Waals surface area contributed by atoms with E-state index >= 15 is 0 Å². The van der Waals surface area contributed by atoms with Crippen LogP contribution in [0.3, 0.4) is 0 Å². The van der Waals surface area contributed by atoms with Gasteiger partial charge in [0.15, 0.2) is 0 Å². The number of terminal acetylenes is 1. The SMILES string of the molecule is C#Cc1ccccc1C(C)=C1CC1. The van der Waals surface area contributed by atoms with Gasteiger partial charge in [-0.05, 0) is 37.0 Å². The Bertz CT molecular complexity index is 396. The molecule has 0 radical (unpaired) electrons. The molecule has 0 bridgehead atoms. The van der Waals surface area contributed by atoms with Crippen molar-refractivity contribution in [1.29, 1.82) is 0 Å². The quantitative estimate of drug-likeness (QED) is 0.565. The molecule has 2 rings (SSSR count). The van der Waals surface area contributed by atoms with Gasteiger partial charge in [-0.25, -0.2) is 0 Å². The fraction of sp³-hybridized carbons (Fsp3) is 0.231. The van der Waals surface area contributed by atoms with Crippen LogP contribution in [0.25, 0.3) is 5.57 Å². The molecule has 1 aromatic rings.